The van der Waals surface area contributed by atoms with Crippen LogP contribution >= 0.6 is 0 Å². The third kappa shape index (κ3) is 11.7. The first-order valence-electron chi connectivity index (χ1n) is 12.4. The Kier molecular flexibility index (Phi) is 14.2. The predicted octanol–water partition coefficient (Wildman–Crippen LogP) is 1.59. The molecule has 0 saturated carbocycles. The van der Waals surface area contributed by atoms with Crippen molar-refractivity contribution in [2.45, 2.75) is 71.4 Å². The molecule has 0 aliphatic carbocycles. The molecule has 0 fully saturated rings. The van der Waals surface area contributed by atoms with Crippen LogP contribution in [-0.2, 0) is 19.2 Å². The highest BCUT2D eigenvalue weighted by atomic mass is 16.5. The molecule has 0 heterocycles. The number of hydrogen-bond donors (Lipinski definition) is 3. The van der Waals surface area contributed by atoms with E-state index in [2.05, 4.69) is 10.6 Å². The quantitative estimate of drug-likeness (QED) is 0.209. The van der Waals surface area contributed by atoms with Crippen molar-refractivity contribution in [1.82, 2.24) is 20.9 Å². The number of amides is 5. The Morgan fingerprint density at radius 1 is 0.973 bits per heavy atom. The molecule has 0 bridgehead atoms. The summed E-state index contributed by atoms with van der Waals surface area (Å²) in [5, 5.41) is 7.61. The third-order valence-electron chi connectivity index (χ3n) is 5.62. The van der Waals surface area contributed by atoms with E-state index in [9.17, 15) is 28.8 Å². The first-order valence-corrected chi connectivity index (χ1v) is 12.4. The Morgan fingerprint density at radius 2 is 1.70 bits per heavy atom. The van der Waals surface area contributed by atoms with E-state index >= 15 is 0 Å². The number of carbonyl (C=O) groups is 6. The van der Waals surface area contributed by atoms with Gasteiger partial charge in [0.15, 0.2) is 12.9 Å². The van der Waals surface area contributed by atoms with Crippen LogP contribution in [0.25, 0.3) is 0 Å². The van der Waals surface area contributed by atoms with Crippen molar-refractivity contribution in [3.05, 3.63) is 29.3 Å². The molecule has 204 valence electrons. The van der Waals surface area contributed by atoms with E-state index in [0.29, 0.717) is 38.5 Å². The molecular formula is C26H38N4O7. The van der Waals surface area contributed by atoms with Crippen molar-refractivity contribution in [2.75, 3.05) is 20.2 Å². The lowest BCUT2D eigenvalue weighted by atomic mass is 10.0. The molecule has 11 heteroatoms. The summed E-state index contributed by atoms with van der Waals surface area (Å²) in [4.78, 5) is 71.8. The maximum Gasteiger partial charge on any atom is 0.257 e. The summed E-state index contributed by atoms with van der Waals surface area (Å²) in [6, 6.07) is 4.32. The van der Waals surface area contributed by atoms with Gasteiger partial charge in [0.25, 0.3) is 11.8 Å². The highest BCUT2D eigenvalue weighted by Gasteiger charge is 2.23. The van der Waals surface area contributed by atoms with Gasteiger partial charge >= 0.3 is 0 Å². The van der Waals surface area contributed by atoms with Crippen LogP contribution in [0, 0.1) is 0 Å². The van der Waals surface area contributed by atoms with Crippen LogP contribution in [0.2, 0.25) is 0 Å². The number of rotatable bonds is 17. The molecule has 0 spiro atoms. The summed E-state index contributed by atoms with van der Waals surface area (Å²) in [6.45, 7) is 5.67. The number of ether oxygens (including phenoxy) is 1. The second-order valence-corrected chi connectivity index (χ2v) is 9.00. The molecule has 0 aromatic heterocycles. The fraction of sp³-hybridized carbons (Fsp3) is 0.538. The standard InChI is InChI=1S/C26H38N4O7/c1-18(2)29-24(34)11-6-5-7-14-27-25(35)16-37-22-10-8-9-20(21(22)15-31)26(36)30(4)19(3)12-13-23(33)28-17-32/h8-10,15,17-19H,5-7,11-14,16H2,1-4H3,(H,27,35)(H,29,34)(H,28,32,33). The monoisotopic (exact) mass is 518 g/mol. The highest BCUT2D eigenvalue weighted by molar-refractivity contribution is 6.03. The maximum atomic E-state index is 13.0. The lowest BCUT2D eigenvalue weighted by Gasteiger charge is -2.25. The maximum absolute atomic E-state index is 13.0. The van der Waals surface area contributed by atoms with Gasteiger partial charge in [-0.1, -0.05) is 12.5 Å². The molecule has 37 heavy (non-hydrogen) atoms. The number of nitrogens with zero attached hydrogens (tertiary/aromatic N) is 1. The van der Waals surface area contributed by atoms with Gasteiger partial charge in [-0.2, -0.15) is 0 Å². The number of imide groups is 1. The van der Waals surface area contributed by atoms with Crippen molar-refractivity contribution < 1.29 is 33.5 Å². The average molecular weight is 519 g/mol. The van der Waals surface area contributed by atoms with Gasteiger partial charge in [-0.25, -0.2) is 0 Å². The third-order valence-corrected chi connectivity index (χ3v) is 5.62. The van der Waals surface area contributed by atoms with Gasteiger partial charge in [-0.05, 0) is 52.2 Å². The van der Waals surface area contributed by atoms with Gasteiger partial charge in [0.1, 0.15) is 5.75 Å². The van der Waals surface area contributed by atoms with Crippen LogP contribution in [0.5, 0.6) is 5.75 Å². The van der Waals surface area contributed by atoms with E-state index in [1.807, 2.05) is 19.2 Å². The molecule has 1 aromatic rings. The van der Waals surface area contributed by atoms with Crippen molar-refractivity contribution in [2.24, 2.45) is 0 Å². The number of hydrogen-bond acceptors (Lipinski definition) is 7. The van der Waals surface area contributed by atoms with Crippen LogP contribution in [0.3, 0.4) is 0 Å². The van der Waals surface area contributed by atoms with Crippen molar-refractivity contribution in [1.29, 1.82) is 0 Å². The van der Waals surface area contributed by atoms with Gasteiger partial charge in [0.05, 0.1) is 11.1 Å². The Balaban J connectivity index is 2.57. The lowest BCUT2D eigenvalue weighted by Crippen LogP contribution is -2.36. The normalized spacial score (nSPS) is 11.3. The van der Waals surface area contributed by atoms with Crippen LogP contribution in [0.15, 0.2) is 18.2 Å². The Labute approximate surface area is 217 Å². The van der Waals surface area contributed by atoms with Gasteiger partial charge in [-0.15, -0.1) is 0 Å². The van der Waals surface area contributed by atoms with E-state index < -0.39 is 11.8 Å². The van der Waals surface area contributed by atoms with Crippen LogP contribution < -0.4 is 20.7 Å². The largest absolute Gasteiger partial charge is 0.483 e. The first-order chi connectivity index (χ1) is 17.6. The van der Waals surface area contributed by atoms with E-state index in [1.54, 1.807) is 20.0 Å². The summed E-state index contributed by atoms with van der Waals surface area (Å²) >= 11 is 0. The van der Waals surface area contributed by atoms with Crippen LogP contribution in [0.4, 0.5) is 0 Å². The minimum absolute atomic E-state index is 0.0155. The van der Waals surface area contributed by atoms with Gasteiger partial charge in [0, 0.05) is 38.5 Å². The Morgan fingerprint density at radius 3 is 2.35 bits per heavy atom. The van der Waals surface area contributed by atoms with Gasteiger partial charge in [0.2, 0.25) is 18.2 Å². The second-order valence-electron chi connectivity index (χ2n) is 9.00. The molecule has 5 amide bonds. The molecule has 3 N–H and O–H groups in total. The minimum Gasteiger partial charge on any atom is -0.483 e. The fourth-order valence-corrected chi connectivity index (χ4v) is 3.44. The summed E-state index contributed by atoms with van der Waals surface area (Å²) in [6.07, 6.45) is 3.87. The van der Waals surface area contributed by atoms with E-state index in [0.717, 1.165) is 12.8 Å². The molecule has 1 unspecified atom stereocenters. The fourth-order valence-electron chi connectivity index (χ4n) is 3.44. The van der Waals surface area contributed by atoms with Gasteiger partial charge < -0.3 is 20.3 Å². The molecule has 1 atom stereocenters. The molecule has 11 nitrogen and oxygen atoms in total. The smallest absolute Gasteiger partial charge is 0.257 e. The number of unbranched alkanes of at least 4 members (excludes halogenated alkanes) is 2. The second kappa shape index (κ2) is 16.8. The molecule has 0 aliphatic rings. The highest BCUT2D eigenvalue weighted by Crippen LogP contribution is 2.23. The minimum atomic E-state index is -0.445. The van der Waals surface area contributed by atoms with Gasteiger partial charge in [-0.3, -0.25) is 34.1 Å². The van der Waals surface area contributed by atoms with E-state index in [4.69, 9.17) is 4.74 Å². The predicted molar refractivity (Wildman–Crippen MR) is 137 cm³/mol. The molecule has 0 radical (unpaired) electrons. The van der Waals surface area contributed by atoms with E-state index in [-0.39, 0.29) is 53.8 Å². The molecule has 1 aromatic carbocycles. The summed E-state index contributed by atoms with van der Waals surface area (Å²) in [7, 11) is 1.55. The Hall–Kier alpha value is -3.76. The van der Waals surface area contributed by atoms with E-state index in [1.165, 1.54) is 17.0 Å². The zero-order valence-electron chi connectivity index (χ0n) is 22.0. The number of aldehydes is 1. The molecule has 0 aliphatic heterocycles. The molecule has 0 saturated heterocycles. The molecular weight excluding hydrogens is 480 g/mol. The average Bonchev–Trinajstić information content (AvgIpc) is 2.86. The number of nitrogens with one attached hydrogen (secondary N) is 3. The molecule has 1 rings (SSSR count). The first kappa shape index (κ1) is 31.3. The number of benzene rings is 1. The zero-order chi connectivity index (χ0) is 27.8. The van der Waals surface area contributed by atoms with Crippen molar-refractivity contribution in [3.8, 4) is 5.75 Å². The van der Waals surface area contributed by atoms with Crippen LogP contribution in [-0.4, -0.2) is 73.5 Å². The number of carbonyl (C=O) groups excluding carboxylic acids is 6. The Bertz CT molecular complexity index is 949. The summed E-state index contributed by atoms with van der Waals surface area (Å²) in [5.41, 5.74) is 0.138. The SMILES string of the molecule is CC(C)NC(=O)CCCCCNC(=O)COc1cccc(C(=O)N(C)C(C)CCC(=O)NC=O)c1C=O. The van der Waals surface area contributed by atoms with Crippen LogP contribution in [0.1, 0.15) is 80.0 Å². The summed E-state index contributed by atoms with van der Waals surface area (Å²) in [5.74, 6) is -1.13. The van der Waals surface area contributed by atoms with Crippen molar-refractivity contribution >= 4 is 36.3 Å². The lowest BCUT2D eigenvalue weighted by molar-refractivity contribution is -0.126. The summed E-state index contributed by atoms with van der Waals surface area (Å²) < 4.78 is 5.52. The zero-order valence-corrected chi connectivity index (χ0v) is 22.0. The topological polar surface area (TPSA) is 151 Å². The van der Waals surface area contributed by atoms with Crippen molar-refractivity contribution in [3.63, 3.8) is 0 Å².